The lowest BCUT2D eigenvalue weighted by Crippen LogP contribution is -2.41. The van der Waals surface area contributed by atoms with Crippen LogP contribution in [-0.2, 0) is 0 Å². The molecule has 0 aromatic heterocycles. The minimum Gasteiger partial charge on any atom is -0.508 e. The zero-order valence-electron chi connectivity index (χ0n) is 10.6. The van der Waals surface area contributed by atoms with Crippen LogP contribution >= 0.6 is 23.2 Å². The van der Waals surface area contributed by atoms with E-state index in [0.29, 0.717) is 0 Å². The predicted octanol–water partition coefficient (Wildman–Crippen LogP) is 2.77. The first-order chi connectivity index (χ1) is 9.99. The van der Waals surface area contributed by atoms with E-state index in [1.165, 1.54) is 30.3 Å². The van der Waals surface area contributed by atoms with Crippen molar-refractivity contribution in [3.63, 3.8) is 0 Å². The van der Waals surface area contributed by atoms with Gasteiger partial charge in [0.1, 0.15) is 5.75 Å². The molecule has 108 valence electrons. The Labute approximate surface area is 130 Å². The SMILES string of the molecule is O=C(NNC(=O)c1cccc(Cl)c1Cl)c1ccc(O)cc1. The third-order valence-electron chi connectivity index (χ3n) is 2.62. The smallest absolute Gasteiger partial charge is 0.271 e. The fourth-order valence-electron chi connectivity index (χ4n) is 1.55. The Balaban J connectivity index is 2.02. The second-order valence-electron chi connectivity index (χ2n) is 4.06. The standard InChI is InChI=1S/C14H10Cl2N2O3/c15-11-3-1-2-10(12(11)16)14(21)18-17-13(20)8-4-6-9(19)7-5-8/h1-7,19H,(H,17,20)(H,18,21). The van der Waals surface area contributed by atoms with Gasteiger partial charge >= 0.3 is 0 Å². The number of aromatic hydroxyl groups is 1. The fourth-order valence-corrected chi connectivity index (χ4v) is 1.93. The topological polar surface area (TPSA) is 78.4 Å². The maximum Gasteiger partial charge on any atom is 0.271 e. The summed E-state index contributed by atoms with van der Waals surface area (Å²) in [6.07, 6.45) is 0. The Morgan fingerprint density at radius 3 is 2.19 bits per heavy atom. The molecule has 0 atom stereocenters. The molecule has 7 heteroatoms. The van der Waals surface area contributed by atoms with Crippen molar-refractivity contribution in [3.8, 4) is 5.75 Å². The van der Waals surface area contributed by atoms with Gasteiger partial charge in [0.2, 0.25) is 0 Å². The summed E-state index contributed by atoms with van der Waals surface area (Å²) in [7, 11) is 0. The normalized spacial score (nSPS) is 10.0. The molecule has 0 radical (unpaired) electrons. The summed E-state index contributed by atoms with van der Waals surface area (Å²) in [6.45, 7) is 0. The molecule has 2 aromatic rings. The third-order valence-corrected chi connectivity index (χ3v) is 3.43. The van der Waals surface area contributed by atoms with Crippen LogP contribution in [0.1, 0.15) is 20.7 Å². The van der Waals surface area contributed by atoms with Crippen molar-refractivity contribution >= 4 is 35.0 Å². The number of carbonyl (C=O) groups excluding carboxylic acids is 2. The first-order valence-electron chi connectivity index (χ1n) is 5.83. The van der Waals surface area contributed by atoms with Crippen molar-refractivity contribution < 1.29 is 14.7 Å². The Morgan fingerprint density at radius 2 is 1.52 bits per heavy atom. The van der Waals surface area contributed by atoms with Crippen LogP contribution in [0, 0.1) is 0 Å². The number of carbonyl (C=O) groups is 2. The molecule has 2 amide bonds. The summed E-state index contributed by atoms with van der Waals surface area (Å²) < 4.78 is 0. The van der Waals surface area contributed by atoms with Crippen LogP contribution in [0.5, 0.6) is 5.75 Å². The Hall–Kier alpha value is -2.24. The number of halogens is 2. The second-order valence-corrected chi connectivity index (χ2v) is 4.84. The summed E-state index contributed by atoms with van der Waals surface area (Å²) in [5, 5.41) is 9.48. The van der Waals surface area contributed by atoms with Crippen molar-refractivity contribution in [2.45, 2.75) is 0 Å². The Morgan fingerprint density at radius 1 is 0.905 bits per heavy atom. The maximum atomic E-state index is 11.9. The van der Waals surface area contributed by atoms with Crippen LogP contribution in [-0.4, -0.2) is 16.9 Å². The van der Waals surface area contributed by atoms with Crippen LogP contribution in [0.25, 0.3) is 0 Å². The van der Waals surface area contributed by atoms with Gasteiger partial charge < -0.3 is 5.11 Å². The molecule has 0 fully saturated rings. The molecule has 0 saturated heterocycles. The van der Waals surface area contributed by atoms with Crippen molar-refractivity contribution in [1.82, 2.24) is 10.9 Å². The molecule has 0 saturated carbocycles. The van der Waals surface area contributed by atoms with Crippen LogP contribution in [0.3, 0.4) is 0 Å². The number of phenolic OH excluding ortho intramolecular Hbond substituents is 1. The maximum absolute atomic E-state index is 11.9. The monoisotopic (exact) mass is 324 g/mol. The van der Waals surface area contributed by atoms with Crippen molar-refractivity contribution in [2.24, 2.45) is 0 Å². The van der Waals surface area contributed by atoms with Gasteiger partial charge in [0, 0.05) is 5.56 Å². The van der Waals surface area contributed by atoms with E-state index in [0.717, 1.165) is 0 Å². The highest BCUT2D eigenvalue weighted by molar-refractivity contribution is 6.43. The van der Waals surface area contributed by atoms with Crippen molar-refractivity contribution in [1.29, 1.82) is 0 Å². The number of benzene rings is 2. The minimum absolute atomic E-state index is 0.0429. The molecular weight excluding hydrogens is 315 g/mol. The molecule has 0 aliphatic heterocycles. The molecule has 2 rings (SSSR count). The lowest BCUT2D eigenvalue weighted by Gasteiger charge is -2.09. The van der Waals surface area contributed by atoms with Gasteiger partial charge in [0.05, 0.1) is 15.6 Å². The first-order valence-corrected chi connectivity index (χ1v) is 6.58. The van der Waals surface area contributed by atoms with Gasteiger partial charge in [-0.1, -0.05) is 29.3 Å². The Kier molecular flexibility index (Phi) is 4.67. The number of phenols is 1. The van der Waals surface area contributed by atoms with Crippen LogP contribution in [0.4, 0.5) is 0 Å². The van der Waals surface area contributed by atoms with E-state index in [-0.39, 0.29) is 26.9 Å². The van der Waals surface area contributed by atoms with E-state index in [9.17, 15) is 9.59 Å². The van der Waals surface area contributed by atoms with Gasteiger partial charge in [-0.25, -0.2) is 0 Å². The minimum atomic E-state index is -0.588. The highest BCUT2D eigenvalue weighted by Gasteiger charge is 2.13. The molecule has 0 unspecified atom stereocenters. The zero-order valence-corrected chi connectivity index (χ0v) is 12.1. The van der Waals surface area contributed by atoms with E-state index >= 15 is 0 Å². The lowest BCUT2D eigenvalue weighted by molar-refractivity contribution is 0.0846. The summed E-state index contributed by atoms with van der Waals surface area (Å²) in [6, 6.07) is 10.2. The molecule has 0 heterocycles. The van der Waals surface area contributed by atoms with Gasteiger partial charge in [-0.3, -0.25) is 20.4 Å². The molecule has 5 nitrogen and oxygen atoms in total. The molecule has 0 aliphatic carbocycles. The van der Waals surface area contributed by atoms with E-state index in [4.69, 9.17) is 28.3 Å². The van der Waals surface area contributed by atoms with Crippen LogP contribution in [0.15, 0.2) is 42.5 Å². The lowest BCUT2D eigenvalue weighted by atomic mass is 10.2. The van der Waals surface area contributed by atoms with Gasteiger partial charge in [0.25, 0.3) is 11.8 Å². The number of rotatable bonds is 2. The highest BCUT2D eigenvalue weighted by Crippen LogP contribution is 2.25. The average molecular weight is 325 g/mol. The van der Waals surface area contributed by atoms with Crippen LogP contribution < -0.4 is 10.9 Å². The second kappa shape index (κ2) is 6.47. The molecule has 2 aromatic carbocycles. The fraction of sp³-hybridized carbons (Fsp3) is 0. The highest BCUT2D eigenvalue weighted by atomic mass is 35.5. The summed E-state index contributed by atoms with van der Waals surface area (Å²) in [5.74, 6) is -1.07. The number of hydrogen-bond acceptors (Lipinski definition) is 3. The average Bonchev–Trinajstić information content (AvgIpc) is 2.48. The molecule has 0 aliphatic rings. The van der Waals surface area contributed by atoms with Gasteiger partial charge in [0.15, 0.2) is 0 Å². The Bertz CT molecular complexity index is 687. The van der Waals surface area contributed by atoms with Gasteiger partial charge in [-0.15, -0.1) is 0 Å². The molecule has 0 spiro atoms. The van der Waals surface area contributed by atoms with E-state index in [1.54, 1.807) is 12.1 Å². The van der Waals surface area contributed by atoms with E-state index in [2.05, 4.69) is 10.9 Å². The van der Waals surface area contributed by atoms with Crippen molar-refractivity contribution in [2.75, 3.05) is 0 Å². The van der Waals surface area contributed by atoms with E-state index in [1.807, 2.05) is 0 Å². The molecular formula is C14H10Cl2N2O3. The van der Waals surface area contributed by atoms with Crippen LogP contribution in [0.2, 0.25) is 10.0 Å². The van der Waals surface area contributed by atoms with Crippen molar-refractivity contribution in [3.05, 3.63) is 63.6 Å². The first kappa shape index (κ1) is 15.2. The van der Waals surface area contributed by atoms with Gasteiger partial charge in [-0.05, 0) is 36.4 Å². The number of amides is 2. The number of hydrazine groups is 1. The predicted molar refractivity (Wildman–Crippen MR) is 79.5 cm³/mol. The summed E-state index contributed by atoms with van der Waals surface area (Å²) in [5.41, 5.74) is 4.91. The number of nitrogens with one attached hydrogen (secondary N) is 2. The summed E-state index contributed by atoms with van der Waals surface area (Å²) >= 11 is 11.7. The third kappa shape index (κ3) is 3.65. The molecule has 3 N–H and O–H groups in total. The zero-order chi connectivity index (χ0) is 15.4. The van der Waals surface area contributed by atoms with E-state index < -0.39 is 11.8 Å². The number of hydrogen-bond donors (Lipinski definition) is 3. The molecule has 0 bridgehead atoms. The largest absolute Gasteiger partial charge is 0.508 e. The van der Waals surface area contributed by atoms with Gasteiger partial charge in [-0.2, -0.15) is 0 Å². The summed E-state index contributed by atoms with van der Waals surface area (Å²) in [4.78, 5) is 23.7. The molecule has 21 heavy (non-hydrogen) atoms. The quantitative estimate of drug-likeness (QED) is 0.743.